The van der Waals surface area contributed by atoms with E-state index in [1.54, 1.807) is 6.08 Å². The number of nitrogens with one attached hydrogen (secondary N) is 1. The molecule has 1 saturated heterocycles. The van der Waals surface area contributed by atoms with Gasteiger partial charge in [0.1, 0.15) is 0 Å². The Labute approximate surface area is 132 Å². The summed E-state index contributed by atoms with van der Waals surface area (Å²) < 4.78 is 37.0. The molecule has 2 amide bonds. The lowest BCUT2D eigenvalue weighted by Gasteiger charge is -2.32. The summed E-state index contributed by atoms with van der Waals surface area (Å²) in [5.74, 6) is -2.11. The normalized spacial score (nSPS) is 16.6. The molecule has 1 heterocycles. The van der Waals surface area contributed by atoms with Crippen molar-refractivity contribution in [3.8, 4) is 0 Å². The molecule has 1 aromatic carbocycles. The van der Waals surface area contributed by atoms with Crippen LogP contribution in [-0.2, 0) is 9.59 Å². The highest BCUT2D eigenvalue weighted by molar-refractivity contribution is 5.91. The SMILES string of the molecule is O=C(/C=C/c1ccccc1)NC1CCN(C(=O)C(F)(F)F)CC1. The monoisotopic (exact) mass is 326 g/mol. The molecule has 1 fully saturated rings. The van der Waals surface area contributed by atoms with Crippen molar-refractivity contribution in [2.75, 3.05) is 13.1 Å². The minimum absolute atomic E-state index is 0.00824. The van der Waals surface area contributed by atoms with Crippen LogP contribution in [0.15, 0.2) is 36.4 Å². The maximum absolute atomic E-state index is 12.3. The number of likely N-dealkylation sites (tertiary alicyclic amines) is 1. The van der Waals surface area contributed by atoms with Crippen LogP contribution in [0.5, 0.6) is 0 Å². The molecular weight excluding hydrogens is 309 g/mol. The Morgan fingerprint density at radius 2 is 1.74 bits per heavy atom. The molecule has 124 valence electrons. The minimum Gasteiger partial charge on any atom is -0.350 e. The Bertz CT molecular complexity index is 577. The maximum Gasteiger partial charge on any atom is 0.471 e. The van der Waals surface area contributed by atoms with Crippen LogP contribution in [0, 0.1) is 0 Å². The Morgan fingerprint density at radius 1 is 1.13 bits per heavy atom. The Morgan fingerprint density at radius 3 is 2.30 bits per heavy atom. The molecular formula is C16H17F3N2O2. The number of hydrogen-bond donors (Lipinski definition) is 1. The van der Waals surface area contributed by atoms with Crippen LogP contribution in [0.3, 0.4) is 0 Å². The number of rotatable bonds is 3. The van der Waals surface area contributed by atoms with Crippen LogP contribution >= 0.6 is 0 Å². The van der Waals surface area contributed by atoms with Crippen LogP contribution in [-0.4, -0.2) is 42.0 Å². The zero-order valence-electron chi connectivity index (χ0n) is 12.3. The highest BCUT2D eigenvalue weighted by Gasteiger charge is 2.43. The molecule has 1 aromatic rings. The summed E-state index contributed by atoms with van der Waals surface area (Å²) in [5.41, 5.74) is 0.883. The molecule has 4 nitrogen and oxygen atoms in total. The van der Waals surface area contributed by atoms with Crippen molar-refractivity contribution < 1.29 is 22.8 Å². The van der Waals surface area contributed by atoms with E-state index < -0.39 is 12.1 Å². The average molecular weight is 326 g/mol. The van der Waals surface area contributed by atoms with Gasteiger partial charge in [-0.15, -0.1) is 0 Å². The van der Waals surface area contributed by atoms with E-state index >= 15 is 0 Å². The fourth-order valence-electron chi connectivity index (χ4n) is 2.39. The molecule has 1 aliphatic heterocycles. The van der Waals surface area contributed by atoms with Gasteiger partial charge in [-0.2, -0.15) is 13.2 Å². The van der Waals surface area contributed by atoms with Gasteiger partial charge >= 0.3 is 12.1 Å². The molecule has 1 N–H and O–H groups in total. The molecule has 0 bridgehead atoms. The fourth-order valence-corrected chi connectivity index (χ4v) is 2.39. The number of hydrogen-bond acceptors (Lipinski definition) is 2. The van der Waals surface area contributed by atoms with Gasteiger partial charge in [0.25, 0.3) is 0 Å². The highest BCUT2D eigenvalue weighted by Crippen LogP contribution is 2.21. The number of carbonyl (C=O) groups excluding carboxylic acids is 2. The lowest BCUT2D eigenvalue weighted by atomic mass is 10.0. The van der Waals surface area contributed by atoms with Gasteiger partial charge in [-0.25, -0.2) is 0 Å². The molecule has 0 saturated carbocycles. The van der Waals surface area contributed by atoms with Crippen molar-refractivity contribution in [3.05, 3.63) is 42.0 Å². The zero-order valence-corrected chi connectivity index (χ0v) is 12.3. The van der Waals surface area contributed by atoms with Crippen molar-refractivity contribution in [1.82, 2.24) is 10.2 Å². The topological polar surface area (TPSA) is 49.4 Å². The van der Waals surface area contributed by atoms with E-state index in [0.29, 0.717) is 12.8 Å². The van der Waals surface area contributed by atoms with Crippen molar-refractivity contribution in [2.45, 2.75) is 25.1 Å². The second kappa shape index (κ2) is 7.30. The highest BCUT2D eigenvalue weighted by atomic mass is 19.4. The molecule has 0 atom stereocenters. The second-order valence-electron chi connectivity index (χ2n) is 5.32. The number of amides is 2. The quantitative estimate of drug-likeness (QED) is 0.867. The van der Waals surface area contributed by atoms with Crippen LogP contribution in [0.25, 0.3) is 6.08 Å². The van der Waals surface area contributed by atoms with Crippen molar-refractivity contribution in [3.63, 3.8) is 0 Å². The van der Waals surface area contributed by atoms with E-state index in [2.05, 4.69) is 5.32 Å². The number of carbonyl (C=O) groups is 2. The molecule has 0 aromatic heterocycles. The standard InChI is InChI=1S/C16H17F3N2O2/c17-16(18,19)15(23)21-10-8-13(9-11-21)20-14(22)7-6-12-4-2-1-3-5-12/h1-7,13H,8-11H2,(H,20,22)/b7-6+. The summed E-state index contributed by atoms with van der Waals surface area (Å²) in [5, 5.41) is 2.74. The number of halogens is 3. The maximum atomic E-state index is 12.3. The van der Waals surface area contributed by atoms with Gasteiger partial charge in [0.15, 0.2) is 0 Å². The van der Waals surface area contributed by atoms with Gasteiger partial charge in [0, 0.05) is 25.2 Å². The van der Waals surface area contributed by atoms with Gasteiger partial charge in [-0.05, 0) is 24.5 Å². The van der Waals surface area contributed by atoms with Gasteiger partial charge in [-0.1, -0.05) is 30.3 Å². The van der Waals surface area contributed by atoms with Crippen molar-refractivity contribution >= 4 is 17.9 Å². The molecule has 0 radical (unpaired) electrons. The van der Waals surface area contributed by atoms with Gasteiger partial charge in [-0.3, -0.25) is 9.59 Å². The van der Waals surface area contributed by atoms with E-state index in [9.17, 15) is 22.8 Å². The predicted molar refractivity (Wildman–Crippen MR) is 79.3 cm³/mol. The third-order valence-electron chi connectivity index (χ3n) is 3.60. The van der Waals surface area contributed by atoms with E-state index in [-0.39, 0.29) is 25.0 Å². The van der Waals surface area contributed by atoms with E-state index in [4.69, 9.17) is 0 Å². The average Bonchev–Trinajstić information content (AvgIpc) is 2.53. The van der Waals surface area contributed by atoms with Gasteiger partial charge in [0.05, 0.1) is 0 Å². The third-order valence-corrected chi connectivity index (χ3v) is 3.60. The number of piperidine rings is 1. The van der Waals surface area contributed by atoms with Crippen LogP contribution in [0.2, 0.25) is 0 Å². The largest absolute Gasteiger partial charge is 0.471 e. The smallest absolute Gasteiger partial charge is 0.350 e. The fraction of sp³-hybridized carbons (Fsp3) is 0.375. The summed E-state index contributed by atoms with van der Waals surface area (Å²) in [6, 6.07) is 9.06. The van der Waals surface area contributed by atoms with Crippen LogP contribution in [0.4, 0.5) is 13.2 Å². The van der Waals surface area contributed by atoms with E-state index in [0.717, 1.165) is 10.5 Å². The molecule has 23 heavy (non-hydrogen) atoms. The third kappa shape index (κ3) is 5.12. The number of benzene rings is 1. The first-order valence-corrected chi connectivity index (χ1v) is 7.26. The summed E-state index contributed by atoms with van der Waals surface area (Å²) in [6.45, 7) is -0.0165. The van der Waals surface area contributed by atoms with E-state index in [1.165, 1.54) is 6.08 Å². The lowest BCUT2D eigenvalue weighted by molar-refractivity contribution is -0.186. The molecule has 1 aliphatic rings. The molecule has 0 spiro atoms. The summed E-state index contributed by atoms with van der Waals surface area (Å²) in [7, 11) is 0. The summed E-state index contributed by atoms with van der Waals surface area (Å²) in [6.07, 6.45) is -1.16. The number of alkyl halides is 3. The first-order chi connectivity index (χ1) is 10.9. The van der Waals surface area contributed by atoms with Crippen molar-refractivity contribution in [2.24, 2.45) is 0 Å². The minimum atomic E-state index is -4.84. The Kier molecular flexibility index (Phi) is 5.41. The zero-order chi connectivity index (χ0) is 16.9. The van der Waals surface area contributed by atoms with Gasteiger partial charge in [0.2, 0.25) is 5.91 Å². The van der Waals surface area contributed by atoms with Crippen LogP contribution in [0.1, 0.15) is 18.4 Å². The molecule has 0 aliphatic carbocycles. The van der Waals surface area contributed by atoms with E-state index in [1.807, 2.05) is 30.3 Å². The number of nitrogens with zero attached hydrogens (tertiary/aromatic N) is 1. The summed E-state index contributed by atoms with van der Waals surface area (Å²) >= 11 is 0. The Balaban J connectivity index is 1.79. The predicted octanol–water partition coefficient (Wildman–Crippen LogP) is 2.37. The lowest BCUT2D eigenvalue weighted by Crippen LogP contribution is -2.49. The molecule has 0 unspecified atom stereocenters. The van der Waals surface area contributed by atoms with Crippen LogP contribution < -0.4 is 5.32 Å². The van der Waals surface area contributed by atoms with Crippen molar-refractivity contribution in [1.29, 1.82) is 0 Å². The Hall–Kier alpha value is -2.31. The summed E-state index contributed by atoms with van der Waals surface area (Å²) in [4.78, 5) is 23.7. The van der Waals surface area contributed by atoms with Gasteiger partial charge < -0.3 is 10.2 Å². The molecule has 7 heteroatoms. The first kappa shape index (κ1) is 17.1. The second-order valence-corrected chi connectivity index (χ2v) is 5.32. The molecule has 2 rings (SSSR count). The first-order valence-electron chi connectivity index (χ1n) is 7.26.